The number of aryl methyl sites for hydroxylation is 1. The maximum absolute atomic E-state index is 9.24. The van der Waals surface area contributed by atoms with E-state index in [1.54, 1.807) is 0 Å². The van der Waals surface area contributed by atoms with Gasteiger partial charge in [-0.25, -0.2) is 0 Å². The summed E-state index contributed by atoms with van der Waals surface area (Å²) in [5, 5.41) is 17.6. The summed E-state index contributed by atoms with van der Waals surface area (Å²) >= 11 is 3.39. The second kappa shape index (κ2) is 5.93. The van der Waals surface area contributed by atoms with Crippen molar-refractivity contribution in [1.82, 2.24) is 14.8 Å². The fraction of sp³-hybridized carbons (Fsp3) is 0.429. The molecule has 0 unspecified atom stereocenters. The third kappa shape index (κ3) is 2.71. The summed E-state index contributed by atoms with van der Waals surface area (Å²) in [5.74, 6) is 2.65. The van der Waals surface area contributed by atoms with Gasteiger partial charge in [-0.05, 0) is 36.6 Å². The molecule has 2 heterocycles. The van der Waals surface area contributed by atoms with Crippen LogP contribution in [0.4, 0.5) is 0 Å². The molecular weight excluding hydrogens is 322 g/mol. The number of rotatable bonds is 4. The van der Waals surface area contributed by atoms with Crippen LogP contribution in [0.5, 0.6) is 5.75 Å². The molecule has 1 aliphatic rings. The highest BCUT2D eigenvalue weighted by Crippen LogP contribution is 2.23. The molecule has 1 aromatic heterocycles. The van der Waals surface area contributed by atoms with Crippen LogP contribution < -0.4 is 4.74 Å². The number of ether oxygens (including phenoxy) is 1. The van der Waals surface area contributed by atoms with E-state index in [1.165, 1.54) is 12.8 Å². The fourth-order valence-corrected chi connectivity index (χ4v) is 2.76. The van der Waals surface area contributed by atoms with Gasteiger partial charge in [-0.15, -0.1) is 10.2 Å². The number of aliphatic hydroxyl groups is 1. The molecule has 0 radical (unpaired) electrons. The van der Waals surface area contributed by atoms with Gasteiger partial charge in [-0.2, -0.15) is 0 Å². The van der Waals surface area contributed by atoms with E-state index in [0.717, 1.165) is 40.4 Å². The van der Waals surface area contributed by atoms with Crippen molar-refractivity contribution in [3.63, 3.8) is 0 Å². The maximum atomic E-state index is 9.24. The van der Waals surface area contributed by atoms with Crippen molar-refractivity contribution in [2.75, 3.05) is 0 Å². The molecule has 0 amide bonds. The number of hydrogen-bond donors (Lipinski definition) is 1. The van der Waals surface area contributed by atoms with E-state index < -0.39 is 0 Å². The molecule has 2 aromatic rings. The summed E-state index contributed by atoms with van der Waals surface area (Å²) in [4.78, 5) is 0. The second-order valence-electron chi connectivity index (χ2n) is 4.84. The number of halogens is 1. The van der Waals surface area contributed by atoms with Gasteiger partial charge in [0.15, 0.2) is 5.82 Å². The predicted octanol–water partition coefficient (Wildman–Crippen LogP) is 2.45. The molecule has 1 N–H and O–H groups in total. The molecule has 0 fully saturated rings. The maximum Gasteiger partial charge on any atom is 0.171 e. The highest BCUT2D eigenvalue weighted by Gasteiger charge is 2.15. The van der Waals surface area contributed by atoms with Crippen molar-refractivity contribution in [1.29, 1.82) is 0 Å². The highest BCUT2D eigenvalue weighted by atomic mass is 79.9. The van der Waals surface area contributed by atoms with Crippen molar-refractivity contribution in [2.45, 2.75) is 39.0 Å². The van der Waals surface area contributed by atoms with E-state index in [2.05, 4.69) is 30.7 Å². The van der Waals surface area contributed by atoms with Gasteiger partial charge in [0.1, 0.15) is 18.2 Å². The van der Waals surface area contributed by atoms with Crippen LogP contribution >= 0.6 is 15.9 Å². The Labute approximate surface area is 125 Å². The van der Waals surface area contributed by atoms with Crippen LogP contribution in [0.2, 0.25) is 0 Å². The lowest BCUT2D eigenvalue weighted by Gasteiger charge is -2.15. The summed E-state index contributed by atoms with van der Waals surface area (Å²) in [6.45, 7) is 1.36. The third-order valence-electron chi connectivity index (χ3n) is 3.49. The highest BCUT2D eigenvalue weighted by molar-refractivity contribution is 9.10. The van der Waals surface area contributed by atoms with Gasteiger partial charge >= 0.3 is 0 Å². The van der Waals surface area contributed by atoms with Crippen LogP contribution in [-0.4, -0.2) is 19.9 Å². The molecular formula is C14H16BrN3O2. The minimum absolute atomic E-state index is 0.0158. The molecule has 0 saturated carbocycles. The lowest BCUT2D eigenvalue weighted by atomic mass is 10.2. The van der Waals surface area contributed by atoms with E-state index >= 15 is 0 Å². The van der Waals surface area contributed by atoms with E-state index in [4.69, 9.17) is 4.74 Å². The summed E-state index contributed by atoms with van der Waals surface area (Å²) in [6, 6.07) is 5.58. The van der Waals surface area contributed by atoms with Crippen LogP contribution in [0.3, 0.4) is 0 Å². The normalized spacial score (nSPS) is 14.1. The lowest BCUT2D eigenvalue weighted by Crippen LogP contribution is -2.14. The average molecular weight is 338 g/mol. The Balaban J connectivity index is 1.72. The van der Waals surface area contributed by atoms with E-state index in [9.17, 15) is 5.11 Å². The lowest BCUT2D eigenvalue weighted by molar-refractivity contribution is 0.273. The fourth-order valence-electron chi connectivity index (χ4n) is 2.39. The van der Waals surface area contributed by atoms with Crippen LogP contribution in [0.1, 0.15) is 30.1 Å². The Morgan fingerprint density at radius 1 is 1.30 bits per heavy atom. The Morgan fingerprint density at radius 2 is 2.20 bits per heavy atom. The first kappa shape index (κ1) is 13.6. The molecule has 0 spiro atoms. The Morgan fingerprint density at radius 3 is 3.05 bits per heavy atom. The van der Waals surface area contributed by atoms with Crippen LogP contribution in [0, 0.1) is 0 Å². The molecule has 0 saturated heterocycles. The van der Waals surface area contributed by atoms with E-state index in [-0.39, 0.29) is 6.61 Å². The topological polar surface area (TPSA) is 60.2 Å². The molecule has 1 aromatic carbocycles. The SMILES string of the molecule is OCc1cc(OCc2nnc3n2CCCC3)ccc1Br. The summed E-state index contributed by atoms with van der Waals surface area (Å²) in [7, 11) is 0. The van der Waals surface area contributed by atoms with Gasteiger partial charge in [-0.1, -0.05) is 15.9 Å². The monoisotopic (exact) mass is 337 g/mol. The van der Waals surface area contributed by atoms with Crippen molar-refractivity contribution < 1.29 is 9.84 Å². The number of benzene rings is 1. The van der Waals surface area contributed by atoms with E-state index in [0.29, 0.717) is 6.61 Å². The molecule has 0 aliphatic carbocycles. The number of aromatic nitrogens is 3. The smallest absolute Gasteiger partial charge is 0.171 e. The quantitative estimate of drug-likeness (QED) is 0.930. The summed E-state index contributed by atoms with van der Waals surface area (Å²) in [6.07, 6.45) is 3.36. The largest absolute Gasteiger partial charge is 0.486 e. The number of nitrogens with zero attached hydrogens (tertiary/aromatic N) is 3. The van der Waals surface area contributed by atoms with Crippen molar-refractivity contribution in [3.8, 4) is 5.75 Å². The summed E-state index contributed by atoms with van der Waals surface area (Å²) < 4.78 is 8.79. The number of aliphatic hydroxyl groups excluding tert-OH is 1. The first-order chi connectivity index (χ1) is 9.78. The zero-order valence-corrected chi connectivity index (χ0v) is 12.6. The predicted molar refractivity (Wildman–Crippen MR) is 77.4 cm³/mol. The molecule has 0 bridgehead atoms. The zero-order valence-electron chi connectivity index (χ0n) is 11.0. The van der Waals surface area contributed by atoms with Crippen molar-refractivity contribution >= 4 is 15.9 Å². The number of fused-ring (bicyclic) bond motifs is 1. The van der Waals surface area contributed by atoms with Crippen LogP contribution in [-0.2, 0) is 26.2 Å². The van der Waals surface area contributed by atoms with Crippen LogP contribution in [0.25, 0.3) is 0 Å². The Hall–Kier alpha value is -1.40. The minimum Gasteiger partial charge on any atom is -0.486 e. The van der Waals surface area contributed by atoms with Gasteiger partial charge in [0, 0.05) is 17.4 Å². The van der Waals surface area contributed by atoms with Crippen molar-refractivity contribution in [3.05, 3.63) is 39.9 Å². The molecule has 0 atom stereocenters. The molecule has 5 nitrogen and oxygen atoms in total. The van der Waals surface area contributed by atoms with Gasteiger partial charge < -0.3 is 14.4 Å². The van der Waals surface area contributed by atoms with Crippen LogP contribution in [0.15, 0.2) is 22.7 Å². The van der Waals surface area contributed by atoms with E-state index in [1.807, 2.05) is 18.2 Å². The van der Waals surface area contributed by atoms with Gasteiger partial charge in [0.2, 0.25) is 0 Å². The van der Waals surface area contributed by atoms with Gasteiger partial charge in [0.05, 0.1) is 6.61 Å². The first-order valence-corrected chi connectivity index (χ1v) is 7.50. The zero-order chi connectivity index (χ0) is 13.9. The molecule has 20 heavy (non-hydrogen) atoms. The Kier molecular flexibility index (Phi) is 4.03. The number of hydrogen-bond acceptors (Lipinski definition) is 4. The molecule has 3 rings (SSSR count). The first-order valence-electron chi connectivity index (χ1n) is 6.71. The van der Waals surface area contributed by atoms with Gasteiger partial charge in [-0.3, -0.25) is 0 Å². The minimum atomic E-state index is -0.0158. The molecule has 106 valence electrons. The average Bonchev–Trinajstić information content (AvgIpc) is 2.90. The molecule has 6 heteroatoms. The third-order valence-corrected chi connectivity index (χ3v) is 4.27. The van der Waals surface area contributed by atoms with Crippen molar-refractivity contribution in [2.24, 2.45) is 0 Å². The second-order valence-corrected chi connectivity index (χ2v) is 5.70. The van der Waals surface area contributed by atoms with Gasteiger partial charge in [0.25, 0.3) is 0 Å². The Bertz CT molecular complexity index is 612. The standard InChI is InChI=1S/C14H16BrN3O2/c15-12-5-4-11(7-10(12)8-19)20-9-14-17-16-13-3-1-2-6-18(13)14/h4-5,7,19H,1-3,6,8-9H2. The summed E-state index contributed by atoms with van der Waals surface area (Å²) in [5.41, 5.74) is 0.811. The molecule has 1 aliphatic heterocycles.